The number of hydrogen-bond acceptors (Lipinski definition) is 6. The van der Waals surface area contributed by atoms with Gasteiger partial charge in [-0.25, -0.2) is 9.97 Å². The molecular formula is C22H31F3N4O3. The van der Waals surface area contributed by atoms with E-state index in [1.165, 1.54) is 4.90 Å². The zero-order valence-electron chi connectivity index (χ0n) is 18.3. The lowest BCUT2D eigenvalue weighted by atomic mass is 9.68. The van der Waals surface area contributed by atoms with Crippen molar-refractivity contribution < 1.29 is 27.8 Å². The molecule has 10 heteroatoms. The fourth-order valence-corrected chi connectivity index (χ4v) is 5.58. The summed E-state index contributed by atoms with van der Waals surface area (Å²) < 4.78 is 46.8. The Labute approximate surface area is 185 Å². The number of aliphatic hydroxyl groups is 1. The molecule has 2 N–H and O–H groups in total. The summed E-state index contributed by atoms with van der Waals surface area (Å²) in [6.07, 6.45) is 1.45. The fraction of sp³-hybridized carbons (Fsp3) is 0.773. The molecule has 178 valence electrons. The third kappa shape index (κ3) is 4.85. The summed E-state index contributed by atoms with van der Waals surface area (Å²) >= 11 is 0. The van der Waals surface area contributed by atoms with Crippen LogP contribution in [0.5, 0.6) is 0 Å². The van der Waals surface area contributed by atoms with E-state index >= 15 is 0 Å². The van der Waals surface area contributed by atoms with Gasteiger partial charge in [0.25, 0.3) is 5.91 Å². The van der Waals surface area contributed by atoms with Gasteiger partial charge in [-0.3, -0.25) is 4.79 Å². The van der Waals surface area contributed by atoms with Gasteiger partial charge in [0.1, 0.15) is 0 Å². The van der Waals surface area contributed by atoms with E-state index in [0.29, 0.717) is 32.0 Å². The lowest BCUT2D eigenvalue weighted by molar-refractivity contribution is -0.141. The Morgan fingerprint density at radius 2 is 2.09 bits per heavy atom. The first-order valence-corrected chi connectivity index (χ1v) is 11.5. The number of carbonyl (C=O) groups excluding carboxylic acids is 1. The second-order valence-corrected chi connectivity index (χ2v) is 9.40. The summed E-state index contributed by atoms with van der Waals surface area (Å²) in [6, 6.07) is 0. The van der Waals surface area contributed by atoms with Crippen molar-refractivity contribution >= 4 is 11.9 Å². The number of morpholine rings is 1. The van der Waals surface area contributed by atoms with Gasteiger partial charge in [0.2, 0.25) is 5.95 Å². The average molecular weight is 457 g/mol. The Morgan fingerprint density at radius 1 is 1.34 bits per heavy atom. The lowest BCUT2D eigenvalue weighted by Gasteiger charge is -2.44. The van der Waals surface area contributed by atoms with Gasteiger partial charge < -0.3 is 20.1 Å². The van der Waals surface area contributed by atoms with Gasteiger partial charge in [-0.1, -0.05) is 13.3 Å². The highest BCUT2D eigenvalue weighted by molar-refractivity contribution is 5.95. The summed E-state index contributed by atoms with van der Waals surface area (Å²) in [6.45, 7) is 3.17. The molecule has 2 saturated carbocycles. The van der Waals surface area contributed by atoms with Crippen molar-refractivity contribution in [1.82, 2.24) is 14.9 Å². The van der Waals surface area contributed by atoms with Crippen LogP contribution in [0, 0.1) is 11.8 Å². The topological polar surface area (TPSA) is 87.6 Å². The van der Waals surface area contributed by atoms with Crippen LogP contribution in [-0.2, 0) is 10.9 Å². The minimum absolute atomic E-state index is 0.109. The first-order chi connectivity index (χ1) is 15.2. The number of amides is 1. The molecule has 1 aromatic rings. The highest BCUT2D eigenvalue weighted by atomic mass is 19.4. The summed E-state index contributed by atoms with van der Waals surface area (Å²) in [4.78, 5) is 22.0. The minimum Gasteiger partial charge on any atom is -0.393 e. The van der Waals surface area contributed by atoms with Gasteiger partial charge in [0, 0.05) is 24.8 Å². The number of ether oxygens (including phenoxy) is 1. The summed E-state index contributed by atoms with van der Waals surface area (Å²) in [5.41, 5.74) is -2.19. The van der Waals surface area contributed by atoms with E-state index in [-0.39, 0.29) is 31.1 Å². The molecule has 2 aliphatic carbocycles. The first-order valence-electron chi connectivity index (χ1n) is 11.5. The molecule has 1 aromatic heterocycles. The number of fused-ring (bicyclic) bond motifs is 2. The van der Waals surface area contributed by atoms with Crippen LogP contribution < -0.4 is 5.32 Å². The molecule has 1 saturated heterocycles. The predicted octanol–water partition coefficient (Wildman–Crippen LogP) is 3.49. The number of anilines is 1. The highest BCUT2D eigenvalue weighted by Gasteiger charge is 2.45. The Bertz CT molecular complexity index is 831. The Kier molecular flexibility index (Phi) is 6.63. The van der Waals surface area contributed by atoms with Crippen molar-refractivity contribution in [2.45, 2.75) is 69.7 Å². The molecule has 4 rings (SSSR count). The maximum atomic E-state index is 13.9. The molecular weight excluding hydrogens is 425 g/mol. The van der Waals surface area contributed by atoms with Crippen molar-refractivity contribution in [3.05, 3.63) is 17.5 Å². The largest absolute Gasteiger partial charge is 0.434 e. The summed E-state index contributed by atoms with van der Waals surface area (Å²) in [7, 11) is 0. The van der Waals surface area contributed by atoms with Gasteiger partial charge in [-0.2, -0.15) is 13.2 Å². The van der Waals surface area contributed by atoms with Crippen LogP contribution in [0.4, 0.5) is 19.1 Å². The predicted molar refractivity (Wildman–Crippen MR) is 111 cm³/mol. The number of aliphatic hydroxyl groups excluding tert-OH is 1. The normalized spacial score (nSPS) is 31.2. The maximum absolute atomic E-state index is 13.9. The molecule has 2 bridgehead atoms. The van der Waals surface area contributed by atoms with Crippen molar-refractivity contribution in [1.29, 1.82) is 0 Å². The van der Waals surface area contributed by atoms with E-state index in [9.17, 15) is 23.1 Å². The summed E-state index contributed by atoms with van der Waals surface area (Å²) in [5, 5.41) is 13.7. The van der Waals surface area contributed by atoms with E-state index < -0.39 is 28.9 Å². The van der Waals surface area contributed by atoms with E-state index in [4.69, 9.17) is 4.74 Å². The quantitative estimate of drug-likeness (QED) is 0.721. The molecule has 2 heterocycles. The van der Waals surface area contributed by atoms with Gasteiger partial charge in [0.05, 0.1) is 24.9 Å². The van der Waals surface area contributed by atoms with Gasteiger partial charge >= 0.3 is 6.18 Å². The number of alkyl halides is 3. The number of carbonyl (C=O) groups is 1. The zero-order valence-corrected chi connectivity index (χ0v) is 18.3. The van der Waals surface area contributed by atoms with Crippen molar-refractivity contribution in [3.63, 3.8) is 0 Å². The van der Waals surface area contributed by atoms with Crippen LogP contribution in [0.25, 0.3) is 0 Å². The molecule has 0 aromatic carbocycles. The summed E-state index contributed by atoms with van der Waals surface area (Å²) in [5.74, 6) is -0.333. The molecule has 0 spiro atoms. The number of aromatic nitrogens is 2. The standard InChI is InChI=1S/C22H31F3N4O3/c1-2-14-10-15-12-21(11-14,5-3-4-17(15)30)28-20-26-13-16(18(27-20)22(23,24)25)19(31)29-6-8-32-9-7-29/h13-15,17,30H,2-12H2,1H3,(H,26,27,28). The SMILES string of the molecule is CCC1CC2CC(Nc3ncc(C(=O)N4CCOCC4)c(C(F)(F)F)n3)(CCCC2O)C1. The number of halogens is 3. The van der Waals surface area contributed by atoms with E-state index in [1.54, 1.807) is 0 Å². The second-order valence-electron chi connectivity index (χ2n) is 9.40. The van der Waals surface area contributed by atoms with Crippen LogP contribution in [0.2, 0.25) is 0 Å². The highest BCUT2D eigenvalue weighted by Crippen LogP contribution is 2.46. The number of nitrogens with one attached hydrogen (secondary N) is 1. The third-order valence-corrected chi connectivity index (χ3v) is 7.21. The van der Waals surface area contributed by atoms with Crippen molar-refractivity contribution in [2.24, 2.45) is 11.8 Å². The molecule has 7 nitrogen and oxygen atoms in total. The van der Waals surface area contributed by atoms with Crippen LogP contribution in [0.3, 0.4) is 0 Å². The average Bonchev–Trinajstić information content (AvgIpc) is 2.88. The number of nitrogens with zero attached hydrogens (tertiary/aromatic N) is 3. The van der Waals surface area contributed by atoms with Crippen LogP contribution >= 0.6 is 0 Å². The Morgan fingerprint density at radius 3 is 2.78 bits per heavy atom. The molecule has 0 radical (unpaired) electrons. The van der Waals surface area contributed by atoms with Gasteiger partial charge in [-0.05, 0) is 50.4 Å². The molecule has 3 fully saturated rings. The molecule has 32 heavy (non-hydrogen) atoms. The Hall–Kier alpha value is -1.94. The van der Waals surface area contributed by atoms with Gasteiger partial charge in [-0.15, -0.1) is 0 Å². The molecule has 3 aliphatic rings. The number of rotatable bonds is 4. The minimum atomic E-state index is -4.78. The first kappa shape index (κ1) is 23.2. The van der Waals surface area contributed by atoms with Crippen LogP contribution in [-0.4, -0.2) is 63.8 Å². The van der Waals surface area contributed by atoms with E-state index in [0.717, 1.165) is 38.3 Å². The van der Waals surface area contributed by atoms with Crippen molar-refractivity contribution in [3.8, 4) is 0 Å². The van der Waals surface area contributed by atoms with E-state index in [1.807, 2.05) is 0 Å². The van der Waals surface area contributed by atoms with E-state index in [2.05, 4.69) is 22.2 Å². The Balaban J connectivity index is 1.63. The third-order valence-electron chi connectivity index (χ3n) is 7.21. The van der Waals surface area contributed by atoms with Crippen LogP contribution in [0.15, 0.2) is 6.20 Å². The number of hydrogen-bond donors (Lipinski definition) is 2. The molecule has 4 atom stereocenters. The van der Waals surface area contributed by atoms with Gasteiger partial charge in [0.15, 0.2) is 5.69 Å². The lowest BCUT2D eigenvalue weighted by Crippen LogP contribution is -2.47. The maximum Gasteiger partial charge on any atom is 0.434 e. The van der Waals surface area contributed by atoms with Crippen molar-refractivity contribution in [2.75, 3.05) is 31.6 Å². The zero-order chi connectivity index (χ0) is 22.9. The molecule has 1 amide bonds. The van der Waals surface area contributed by atoms with Crippen LogP contribution in [0.1, 0.15) is 67.9 Å². The fourth-order valence-electron chi connectivity index (χ4n) is 5.58. The molecule has 1 aliphatic heterocycles. The smallest absolute Gasteiger partial charge is 0.393 e. The molecule has 4 unspecified atom stereocenters. The monoisotopic (exact) mass is 456 g/mol. The second kappa shape index (κ2) is 9.13.